The first kappa shape index (κ1) is 26.3. The lowest BCUT2D eigenvalue weighted by Gasteiger charge is -2.12. The Balaban J connectivity index is 0.000000465. The van der Waals surface area contributed by atoms with Gasteiger partial charge in [0.05, 0.1) is 5.39 Å². The number of nitrogens with zero attached hydrogens (tertiary/aromatic N) is 4. The molecule has 39 heavy (non-hydrogen) atoms. The van der Waals surface area contributed by atoms with Crippen LogP contribution in [0.15, 0.2) is 89.0 Å². The van der Waals surface area contributed by atoms with E-state index in [0.29, 0.717) is 33.2 Å². The van der Waals surface area contributed by atoms with Crippen LogP contribution >= 0.6 is 22.9 Å². The first-order valence-corrected chi connectivity index (χ1v) is 13.5. The molecule has 0 aliphatic carbocycles. The van der Waals surface area contributed by atoms with Crippen LogP contribution in [0.2, 0.25) is 5.02 Å². The molecule has 6 aromatic rings. The summed E-state index contributed by atoms with van der Waals surface area (Å²) in [5.74, 6) is 0.739. The minimum absolute atomic E-state index is 0.0926. The molecule has 196 valence electrons. The monoisotopic (exact) mass is 555 g/mol. The fraction of sp³-hybridized carbons (Fsp3) is 0.133. The molecule has 0 radical (unpaired) electrons. The maximum atomic E-state index is 13.7. The quantitative estimate of drug-likeness (QED) is 0.252. The highest BCUT2D eigenvalue weighted by molar-refractivity contribution is 7.17. The van der Waals surface area contributed by atoms with E-state index in [-0.39, 0.29) is 11.5 Å². The van der Waals surface area contributed by atoms with Crippen molar-refractivity contribution in [1.82, 2.24) is 19.5 Å². The van der Waals surface area contributed by atoms with E-state index < -0.39 is 0 Å². The Bertz CT molecular complexity index is 1850. The van der Waals surface area contributed by atoms with Gasteiger partial charge in [-0.3, -0.25) is 9.59 Å². The summed E-state index contributed by atoms with van der Waals surface area (Å²) in [5.41, 5.74) is 3.26. The van der Waals surface area contributed by atoms with E-state index in [2.05, 4.69) is 17.4 Å². The molecule has 0 fully saturated rings. The van der Waals surface area contributed by atoms with Crippen molar-refractivity contribution in [2.24, 2.45) is 0 Å². The molecule has 0 saturated carbocycles. The molecule has 0 saturated heterocycles. The number of nitrogens with one attached hydrogen (secondary N) is 1. The molecule has 0 bridgehead atoms. The Kier molecular flexibility index (Phi) is 7.58. The van der Waals surface area contributed by atoms with Gasteiger partial charge in [-0.2, -0.15) is 4.52 Å². The second-order valence-electron chi connectivity index (χ2n) is 9.14. The van der Waals surface area contributed by atoms with E-state index in [4.69, 9.17) is 21.7 Å². The first-order valence-electron chi connectivity index (χ1n) is 12.3. The fourth-order valence-corrected chi connectivity index (χ4v) is 5.11. The molecule has 9 heteroatoms. The smallest absolute Gasteiger partial charge is 0.283 e. The number of anilines is 1. The van der Waals surface area contributed by atoms with E-state index in [1.54, 1.807) is 14.1 Å². The molecule has 0 unspecified atom stereocenters. The number of amides is 1. The van der Waals surface area contributed by atoms with Gasteiger partial charge in [-0.15, -0.1) is 16.4 Å². The van der Waals surface area contributed by atoms with Crippen molar-refractivity contribution in [3.05, 3.63) is 105 Å². The normalized spacial score (nSPS) is 10.9. The Morgan fingerprint density at radius 2 is 1.62 bits per heavy atom. The zero-order valence-corrected chi connectivity index (χ0v) is 23.3. The summed E-state index contributed by atoms with van der Waals surface area (Å²) in [6, 6.07) is 25.5. The lowest BCUT2D eigenvalue weighted by Crippen LogP contribution is -2.19. The van der Waals surface area contributed by atoms with Crippen molar-refractivity contribution in [1.29, 1.82) is 0 Å². The zero-order chi connectivity index (χ0) is 27.5. The summed E-state index contributed by atoms with van der Waals surface area (Å²) in [5, 5.41) is 13.1. The number of rotatable bonds is 4. The number of benzene rings is 3. The minimum Gasteiger partial charge on any atom is -0.364 e. The largest absolute Gasteiger partial charge is 0.364 e. The number of hydrogen-bond acceptors (Lipinski definition) is 6. The van der Waals surface area contributed by atoms with Gasteiger partial charge in [-0.1, -0.05) is 78.3 Å². The van der Waals surface area contributed by atoms with Gasteiger partial charge in [-0.05, 0) is 23.3 Å². The van der Waals surface area contributed by atoms with E-state index in [1.807, 2.05) is 72.1 Å². The average molecular weight is 556 g/mol. The molecule has 1 N–H and O–H groups in total. The Hall–Kier alpha value is -4.27. The van der Waals surface area contributed by atoms with Crippen LogP contribution in [-0.2, 0) is 11.3 Å². The molecular formula is C30H26ClN5O2S. The number of halogens is 1. The molecule has 6 rings (SSSR count). The molecule has 0 aliphatic heterocycles. The third-order valence-corrected chi connectivity index (χ3v) is 7.42. The second-order valence-corrected chi connectivity index (χ2v) is 10.4. The van der Waals surface area contributed by atoms with Gasteiger partial charge in [0.1, 0.15) is 4.83 Å². The summed E-state index contributed by atoms with van der Waals surface area (Å²) < 4.78 is 1.42. The molecule has 3 heterocycles. The number of thiophene rings is 1. The summed E-state index contributed by atoms with van der Waals surface area (Å²) in [6.07, 6.45) is 0. The molecule has 3 aromatic carbocycles. The number of carbonyl (C=O) groups excluding carboxylic acids is 1. The number of aromatic nitrogens is 3. The third-order valence-electron chi connectivity index (χ3n) is 6.30. The van der Waals surface area contributed by atoms with E-state index in [0.717, 1.165) is 27.5 Å². The fourth-order valence-electron chi connectivity index (χ4n) is 4.04. The summed E-state index contributed by atoms with van der Waals surface area (Å²) in [7, 11) is 3.45. The molecule has 0 spiro atoms. The van der Waals surface area contributed by atoms with Crippen molar-refractivity contribution < 1.29 is 4.79 Å². The van der Waals surface area contributed by atoms with Gasteiger partial charge >= 0.3 is 0 Å². The van der Waals surface area contributed by atoms with Crippen LogP contribution in [0.4, 0.5) is 5.82 Å². The van der Waals surface area contributed by atoms with E-state index >= 15 is 0 Å². The minimum atomic E-state index is -0.185. The molecule has 0 atom stereocenters. The summed E-state index contributed by atoms with van der Waals surface area (Å²) in [4.78, 5) is 30.8. The first-order chi connectivity index (χ1) is 18.8. The second kappa shape index (κ2) is 11.2. The van der Waals surface area contributed by atoms with Crippen molar-refractivity contribution in [2.45, 2.75) is 13.5 Å². The molecular weight excluding hydrogens is 530 g/mol. The Morgan fingerprint density at radius 1 is 0.974 bits per heavy atom. The summed E-state index contributed by atoms with van der Waals surface area (Å²) >= 11 is 7.52. The van der Waals surface area contributed by atoms with Crippen molar-refractivity contribution in [3.8, 4) is 11.1 Å². The topological polar surface area (TPSA) is 79.6 Å². The van der Waals surface area contributed by atoms with Gasteiger partial charge in [-0.25, -0.2) is 4.98 Å². The SMILES string of the molecule is CC(=O)N(C)C.O=c1c2c(-c3ccc(Cl)cc3)csc2nc2c3ccccc3c(NCc3ccccc3)nn12. The maximum absolute atomic E-state index is 13.7. The number of carbonyl (C=O) groups is 1. The lowest BCUT2D eigenvalue weighted by atomic mass is 10.1. The predicted octanol–water partition coefficient (Wildman–Crippen LogP) is 6.48. The van der Waals surface area contributed by atoms with Gasteiger partial charge in [0, 0.05) is 54.3 Å². The van der Waals surface area contributed by atoms with E-state index in [9.17, 15) is 9.59 Å². The van der Waals surface area contributed by atoms with E-state index in [1.165, 1.54) is 27.7 Å². The van der Waals surface area contributed by atoms with Crippen LogP contribution < -0.4 is 10.9 Å². The average Bonchev–Trinajstić information content (AvgIpc) is 3.38. The molecule has 0 aliphatic rings. The van der Waals surface area contributed by atoms with Crippen molar-refractivity contribution in [3.63, 3.8) is 0 Å². The Labute approximate surface area is 234 Å². The van der Waals surface area contributed by atoms with Crippen LogP contribution in [0.3, 0.4) is 0 Å². The predicted molar refractivity (Wildman–Crippen MR) is 161 cm³/mol. The molecule has 7 nitrogen and oxygen atoms in total. The Morgan fingerprint density at radius 3 is 2.28 bits per heavy atom. The number of fused-ring (bicyclic) bond motifs is 4. The maximum Gasteiger partial charge on any atom is 0.283 e. The standard InChI is InChI=1S/C26H17ClN4OS.C4H9NO/c27-18-12-10-17(11-13-18)21-15-33-25-22(21)26(32)31-24(29-25)20-9-5-4-8-19(20)23(30-31)28-14-16-6-2-1-3-7-16;1-4(6)5(2)3/h1-13,15H,14H2,(H,28,30);1-3H3. The van der Waals surface area contributed by atoms with Crippen LogP contribution in [-0.4, -0.2) is 39.5 Å². The zero-order valence-electron chi connectivity index (χ0n) is 21.7. The van der Waals surface area contributed by atoms with Gasteiger partial charge in [0.15, 0.2) is 11.5 Å². The van der Waals surface area contributed by atoms with Gasteiger partial charge in [0.2, 0.25) is 5.91 Å². The van der Waals surface area contributed by atoms with Crippen LogP contribution in [0, 0.1) is 0 Å². The van der Waals surface area contributed by atoms with Crippen molar-refractivity contribution >= 4 is 61.3 Å². The highest BCUT2D eigenvalue weighted by atomic mass is 35.5. The van der Waals surface area contributed by atoms with Crippen LogP contribution in [0.5, 0.6) is 0 Å². The molecule has 3 aromatic heterocycles. The lowest BCUT2D eigenvalue weighted by molar-refractivity contribution is -0.126. The summed E-state index contributed by atoms with van der Waals surface area (Å²) in [6.45, 7) is 2.13. The van der Waals surface area contributed by atoms with Crippen LogP contribution in [0.25, 0.3) is 37.8 Å². The highest BCUT2D eigenvalue weighted by Crippen LogP contribution is 2.33. The molecule has 1 amide bonds. The highest BCUT2D eigenvalue weighted by Gasteiger charge is 2.18. The number of hydrogen-bond donors (Lipinski definition) is 1. The van der Waals surface area contributed by atoms with Gasteiger partial charge in [0.25, 0.3) is 5.56 Å². The van der Waals surface area contributed by atoms with Crippen molar-refractivity contribution in [2.75, 3.05) is 19.4 Å². The van der Waals surface area contributed by atoms with Crippen LogP contribution in [0.1, 0.15) is 12.5 Å². The van der Waals surface area contributed by atoms with Gasteiger partial charge < -0.3 is 10.2 Å². The third kappa shape index (κ3) is 5.48.